The van der Waals surface area contributed by atoms with Gasteiger partial charge in [0.1, 0.15) is 18.1 Å². The van der Waals surface area contributed by atoms with Crippen molar-refractivity contribution >= 4 is 23.5 Å². The molecule has 1 atom stereocenters. The van der Waals surface area contributed by atoms with Gasteiger partial charge in [-0.15, -0.1) is 0 Å². The molecular weight excluding hydrogens is 396 g/mol. The zero-order valence-corrected chi connectivity index (χ0v) is 17.2. The summed E-state index contributed by atoms with van der Waals surface area (Å²) < 4.78 is 21.5. The minimum atomic E-state index is -0.583. The molecule has 1 heterocycles. The summed E-state index contributed by atoms with van der Waals surface area (Å²) in [6.07, 6.45) is 1.82. The number of ether oxygens (including phenoxy) is 4. The van der Waals surface area contributed by atoms with Crippen molar-refractivity contribution in [3.63, 3.8) is 0 Å². The lowest BCUT2D eigenvalue weighted by Gasteiger charge is -2.11. The van der Waals surface area contributed by atoms with Gasteiger partial charge in [0.2, 0.25) is 0 Å². The van der Waals surface area contributed by atoms with Crippen molar-refractivity contribution < 1.29 is 28.5 Å². The molecule has 154 valence electrons. The van der Waals surface area contributed by atoms with Gasteiger partial charge >= 0.3 is 11.9 Å². The number of benzene rings is 2. The highest BCUT2D eigenvalue weighted by molar-refractivity contribution is 6.32. The molecule has 0 aliphatic carbocycles. The Kier molecular flexibility index (Phi) is 7.12. The van der Waals surface area contributed by atoms with Gasteiger partial charge in [0.15, 0.2) is 6.61 Å². The molecule has 6 nitrogen and oxygen atoms in total. The molecule has 1 unspecified atom stereocenters. The summed E-state index contributed by atoms with van der Waals surface area (Å²) in [5.41, 5.74) is 2.03. The van der Waals surface area contributed by atoms with Crippen molar-refractivity contribution in [2.24, 2.45) is 0 Å². The smallest absolute Gasteiger partial charge is 0.349 e. The number of hydrogen-bond donors (Lipinski definition) is 0. The SMILES string of the molecule is Cc1cc(OCC(=O)Oc2cccc(C(=O)OCC3CCCO3)c2)cc(C)c1Cl. The standard InChI is InChI=1S/C22H23ClO6/c1-14-9-19(10-15(2)21(14)23)27-13-20(24)29-17-6-3-5-16(11-17)22(25)28-12-18-7-4-8-26-18/h3,5-6,9-11,18H,4,7-8,12-13H2,1-2H3. The number of carbonyl (C=O) groups is 2. The molecule has 0 spiro atoms. The molecule has 1 aliphatic heterocycles. The summed E-state index contributed by atoms with van der Waals surface area (Å²) in [5, 5.41) is 0.670. The molecule has 0 amide bonds. The van der Waals surface area contributed by atoms with Crippen LogP contribution in [0, 0.1) is 13.8 Å². The summed E-state index contributed by atoms with van der Waals surface area (Å²) in [6.45, 7) is 4.38. The molecule has 1 fully saturated rings. The zero-order valence-electron chi connectivity index (χ0n) is 16.4. The Balaban J connectivity index is 1.52. The predicted molar refractivity (Wildman–Crippen MR) is 108 cm³/mol. The van der Waals surface area contributed by atoms with Gasteiger partial charge in [0, 0.05) is 11.6 Å². The summed E-state index contributed by atoms with van der Waals surface area (Å²) in [4.78, 5) is 24.3. The monoisotopic (exact) mass is 418 g/mol. The van der Waals surface area contributed by atoms with E-state index >= 15 is 0 Å². The van der Waals surface area contributed by atoms with Crippen molar-refractivity contribution in [1.29, 1.82) is 0 Å². The Labute approximate surface area is 174 Å². The highest BCUT2D eigenvalue weighted by Gasteiger charge is 2.18. The zero-order chi connectivity index (χ0) is 20.8. The average Bonchev–Trinajstić information content (AvgIpc) is 3.22. The lowest BCUT2D eigenvalue weighted by molar-refractivity contribution is -0.136. The topological polar surface area (TPSA) is 71.1 Å². The Morgan fingerprint density at radius 2 is 1.90 bits per heavy atom. The van der Waals surface area contributed by atoms with Crippen LogP contribution in [0.1, 0.15) is 34.3 Å². The van der Waals surface area contributed by atoms with Crippen molar-refractivity contribution in [2.45, 2.75) is 32.8 Å². The number of aryl methyl sites for hydroxylation is 2. The molecule has 29 heavy (non-hydrogen) atoms. The molecule has 0 N–H and O–H groups in total. The van der Waals surface area contributed by atoms with E-state index in [1.54, 1.807) is 30.3 Å². The largest absolute Gasteiger partial charge is 0.482 e. The molecule has 1 saturated heterocycles. The Morgan fingerprint density at radius 1 is 1.14 bits per heavy atom. The average molecular weight is 419 g/mol. The van der Waals surface area contributed by atoms with E-state index in [1.165, 1.54) is 6.07 Å². The van der Waals surface area contributed by atoms with Crippen LogP contribution in [-0.4, -0.2) is 37.9 Å². The Morgan fingerprint density at radius 3 is 2.59 bits per heavy atom. The third-order valence-electron chi connectivity index (χ3n) is 4.49. The van der Waals surface area contributed by atoms with E-state index in [1.807, 2.05) is 13.8 Å². The summed E-state index contributed by atoms with van der Waals surface area (Å²) >= 11 is 6.13. The van der Waals surface area contributed by atoms with E-state index in [2.05, 4.69) is 0 Å². The van der Waals surface area contributed by atoms with Crippen molar-refractivity contribution in [3.8, 4) is 11.5 Å². The molecule has 0 saturated carbocycles. The minimum absolute atomic E-state index is 0.0442. The van der Waals surface area contributed by atoms with Crippen molar-refractivity contribution in [2.75, 3.05) is 19.8 Å². The molecule has 0 radical (unpaired) electrons. The van der Waals surface area contributed by atoms with E-state index in [0.717, 1.165) is 24.0 Å². The molecular formula is C22H23ClO6. The van der Waals surface area contributed by atoms with E-state index in [9.17, 15) is 9.59 Å². The van der Waals surface area contributed by atoms with Crippen LogP contribution in [0.25, 0.3) is 0 Å². The molecule has 2 aromatic carbocycles. The molecule has 7 heteroatoms. The van der Waals surface area contributed by atoms with Crippen LogP contribution in [-0.2, 0) is 14.3 Å². The molecule has 0 bridgehead atoms. The lowest BCUT2D eigenvalue weighted by atomic mass is 10.1. The predicted octanol–water partition coefficient (Wildman–Crippen LogP) is 4.28. The second kappa shape index (κ2) is 9.76. The number of halogens is 1. The quantitative estimate of drug-likeness (QED) is 0.493. The maximum atomic E-state index is 12.2. The second-order valence-electron chi connectivity index (χ2n) is 6.90. The Bertz CT molecular complexity index is 866. The third-order valence-corrected chi connectivity index (χ3v) is 5.09. The lowest BCUT2D eigenvalue weighted by Crippen LogP contribution is -2.19. The second-order valence-corrected chi connectivity index (χ2v) is 7.27. The van der Waals surface area contributed by atoms with Gasteiger partial charge in [-0.3, -0.25) is 0 Å². The van der Waals surface area contributed by atoms with Crippen LogP contribution in [0.2, 0.25) is 5.02 Å². The molecule has 2 aromatic rings. The van der Waals surface area contributed by atoms with Gasteiger partial charge < -0.3 is 18.9 Å². The summed E-state index contributed by atoms with van der Waals surface area (Å²) in [7, 11) is 0. The number of esters is 2. The highest BCUT2D eigenvalue weighted by atomic mass is 35.5. The van der Waals surface area contributed by atoms with Crippen LogP contribution in [0.15, 0.2) is 36.4 Å². The normalized spacial score (nSPS) is 15.8. The van der Waals surface area contributed by atoms with Gasteiger partial charge in [-0.05, 0) is 68.1 Å². The highest BCUT2D eigenvalue weighted by Crippen LogP contribution is 2.26. The number of carbonyl (C=O) groups excluding carboxylic acids is 2. The minimum Gasteiger partial charge on any atom is -0.482 e. The maximum Gasteiger partial charge on any atom is 0.349 e. The summed E-state index contributed by atoms with van der Waals surface area (Å²) in [5.74, 6) is -0.289. The van der Waals surface area contributed by atoms with Gasteiger partial charge in [-0.1, -0.05) is 17.7 Å². The first-order valence-corrected chi connectivity index (χ1v) is 9.79. The van der Waals surface area contributed by atoms with Gasteiger partial charge in [-0.25, -0.2) is 9.59 Å². The fourth-order valence-corrected chi connectivity index (χ4v) is 3.12. The number of rotatable bonds is 7. The molecule has 0 aromatic heterocycles. The molecule has 3 rings (SSSR count). The van der Waals surface area contributed by atoms with E-state index < -0.39 is 11.9 Å². The van der Waals surface area contributed by atoms with Crippen molar-refractivity contribution in [3.05, 3.63) is 58.1 Å². The third kappa shape index (κ3) is 5.95. The Hall–Kier alpha value is -2.57. The van der Waals surface area contributed by atoms with E-state index in [-0.39, 0.29) is 25.1 Å². The first kappa shape index (κ1) is 21.1. The fourth-order valence-electron chi connectivity index (χ4n) is 3.01. The van der Waals surface area contributed by atoms with Crippen molar-refractivity contribution in [1.82, 2.24) is 0 Å². The number of hydrogen-bond acceptors (Lipinski definition) is 6. The van der Waals surface area contributed by atoms with Crippen LogP contribution in [0.5, 0.6) is 11.5 Å². The van der Waals surface area contributed by atoms with Crippen LogP contribution >= 0.6 is 11.6 Å². The fraction of sp³-hybridized carbons (Fsp3) is 0.364. The van der Waals surface area contributed by atoms with Crippen LogP contribution < -0.4 is 9.47 Å². The van der Waals surface area contributed by atoms with Gasteiger partial charge in [0.05, 0.1) is 11.7 Å². The van der Waals surface area contributed by atoms with Crippen LogP contribution in [0.3, 0.4) is 0 Å². The maximum absolute atomic E-state index is 12.2. The van der Waals surface area contributed by atoms with E-state index in [4.69, 9.17) is 30.5 Å². The van der Waals surface area contributed by atoms with Crippen LogP contribution in [0.4, 0.5) is 0 Å². The summed E-state index contributed by atoms with van der Waals surface area (Å²) in [6, 6.07) is 9.79. The van der Waals surface area contributed by atoms with Gasteiger partial charge in [-0.2, -0.15) is 0 Å². The first-order valence-electron chi connectivity index (χ1n) is 9.41. The first-order chi connectivity index (χ1) is 13.9. The molecule has 1 aliphatic rings. The van der Waals surface area contributed by atoms with E-state index in [0.29, 0.717) is 22.9 Å². The van der Waals surface area contributed by atoms with Gasteiger partial charge in [0.25, 0.3) is 0 Å².